The van der Waals surface area contributed by atoms with Crippen LogP contribution in [-0.2, 0) is 4.79 Å². The number of rotatable bonds is 4. The SMILES string of the molecule is COc1ccc(Br)cc1C=CC(=O)N(C)C1CCNCC1.Cl. The van der Waals surface area contributed by atoms with Gasteiger partial charge >= 0.3 is 0 Å². The lowest BCUT2D eigenvalue weighted by atomic mass is 10.1. The Morgan fingerprint density at radius 3 is 2.73 bits per heavy atom. The van der Waals surface area contributed by atoms with Gasteiger partial charge in [0.05, 0.1) is 7.11 Å². The highest BCUT2D eigenvalue weighted by Crippen LogP contribution is 2.24. The molecule has 0 bridgehead atoms. The number of carbonyl (C=O) groups excluding carboxylic acids is 1. The highest BCUT2D eigenvalue weighted by molar-refractivity contribution is 9.10. The quantitative estimate of drug-likeness (QED) is 0.805. The van der Waals surface area contributed by atoms with E-state index in [1.807, 2.05) is 36.2 Å². The van der Waals surface area contributed by atoms with Crippen LogP contribution < -0.4 is 10.1 Å². The average molecular weight is 390 g/mol. The zero-order valence-corrected chi connectivity index (χ0v) is 15.2. The third-order valence-corrected chi connectivity index (χ3v) is 4.29. The monoisotopic (exact) mass is 388 g/mol. The predicted molar refractivity (Wildman–Crippen MR) is 95.6 cm³/mol. The van der Waals surface area contributed by atoms with E-state index >= 15 is 0 Å². The van der Waals surface area contributed by atoms with E-state index in [2.05, 4.69) is 21.2 Å². The zero-order chi connectivity index (χ0) is 15.2. The molecule has 1 amide bonds. The number of methoxy groups -OCH3 is 1. The van der Waals surface area contributed by atoms with Crippen LogP contribution in [0.4, 0.5) is 0 Å². The van der Waals surface area contributed by atoms with Gasteiger partial charge in [-0.05, 0) is 50.2 Å². The third kappa shape index (κ3) is 5.00. The second kappa shape index (κ2) is 9.18. The molecule has 4 nitrogen and oxygen atoms in total. The second-order valence-electron chi connectivity index (χ2n) is 5.15. The molecule has 1 aromatic carbocycles. The van der Waals surface area contributed by atoms with Gasteiger partial charge in [-0.15, -0.1) is 12.4 Å². The van der Waals surface area contributed by atoms with Gasteiger partial charge in [-0.25, -0.2) is 0 Å². The summed E-state index contributed by atoms with van der Waals surface area (Å²) in [5.74, 6) is 0.788. The maximum absolute atomic E-state index is 12.3. The van der Waals surface area contributed by atoms with Crippen molar-refractivity contribution in [2.24, 2.45) is 0 Å². The number of amides is 1. The number of piperidine rings is 1. The number of ether oxygens (including phenoxy) is 1. The topological polar surface area (TPSA) is 41.6 Å². The number of likely N-dealkylation sites (N-methyl/N-ethyl adjacent to an activating group) is 1. The summed E-state index contributed by atoms with van der Waals surface area (Å²) in [6, 6.07) is 6.06. The average Bonchev–Trinajstić information content (AvgIpc) is 2.52. The molecular weight excluding hydrogens is 368 g/mol. The molecule has 1 aliphatic heterocycles. The summed E-state index contributed by atoms with van der Waals surface area (Å²) in [4.78, 5) is 14.1. The minimum absolute atomic E-state index is 0. The number of carbonyl (C=O) groups is 1. The number of hydrogen-bond acceptors (Lipinski definition) is 3. The van der Waals surface area contributed by atoms with E-state index in [0.29, 0.717) is 6.04 Å². The molecule has 0 spiro atoms. The summed E-state index contributed by atoms with van der Waals surface area (Å²) in [6.45, 7) is 1.96. The molecule has 0 radical (unpaired) electrons. The first-order valence-corrected chi connectivity index (χ1v) is 7.90. The number of halogens is 2. The first-order valence-electron chi connectivity index (χ1n) is 7.11. The Labute approximate surface area is 146 Å². The lowest BCUT2D eigenvalue weighted by Gasteiger charge is -2.30. The molecule has 0 atom stereocenters. The van der Waals surface area contributed by atoms with Gasteiger partial charge in [0.1, 0.15) is 5.75 Å². The molecule has 0 saturated carbocycles. The van der Waals surface area contributed by atoms with Crippen LogP contribution in [0.3, 0.4) is 0 Å². The van der Waals surface area contributed by atoms with Gasteiger partial charge in [-0.3, -0.25) is 4.79 Å². The molecule has 22 heavy (non-hydrogen) atoms. The van der Waals surface area contributed by atoms with Crippen molar-refractivity contribution in [3.05, 3.63) is 34.3 Å². The fourth-order valence-corrected chi connectivity index (χ4v) is 2.87. The van der Waals surface area contributed by atoms with Crippen molar-refractivity contribution in [3.63, 3.8) is 0 Å². The molecule has 2 rings (SSSR count). The van der Waals surface area contributed by atoms with Gasteiger partial charge in [0.25, 0.3) is 0 Å². The van der Waals surface area contributed by atoms with Crippen LogP contribution in [0.25, 0.3) is 6.08 Å². The second-order valence-corrected chi connectivity index (χ2v) is 6.07. The summed E-state index contributed by atoms with van der Waals surface area (Å²) in [5, 5.41) is 3.31. The normalized spacial score (nSPS) is 15.4. The van der Waals surface area contributed by atoms with Crippen molar-refractivity contribution in [2.75, 3.05) is 27.2 Å². The van der Waals surface area contributed by atoms with Gasteiger partial charge in [0.15, 0.2) is 0 Å². The maximum atomic E-state index is 12.3. The standard InChI is InChI=1S/C16H21BrN2O2.ClH/c1-19(14-7-9-18-10-8-14)16(20)6-3-12-11-13(17)4-5-15(12)21-2;/h3-6,11,14,18H,7-10H2,1-2H3;1H. The summed E-state index contributed by atoms with van der Waals surface area (Å²) < 4.78 is 6.26. The predicted octanol–water partition coefficient (Wildman–Crippen LogP) is 3.10. The Hall–Kier alpha value is -1.04. The van der Waals surface area contributed by atoms with Crippen LogP contribution in [0.1, 0.15) is 18.4 Å². The van der Waals surface area contributed by atoms with Crippen molar-refractivity contribution in [1.82, 2.24) is 10.2 Å². The summed E-state index contributed by atoms with van der Waals surface area (Å²) in [6.07, 6.45) is 5.45. The number of benzene rings is 1. The zero-order valence-electron chi connectivity index (χ0n) is 12.8. The molecule has 0 unspecified atom stereocenters. The van der Waals surface area contributed by atoms with E-state index in [9.17, 15) is 4.79 Å². The van der Waals surface area contributed by atoms with E-state index in [1.54, 1.807) is 13.2 Å². The van der Waals surface area contributed by atoms with Crippen LogP contribution in [0.15, 0.2) is 28.7 Å². The molecule has 1 fully saturated rings. The minimum Gasteiger partial charge on any atom is -0.496 e. The maximum Gasteiger partial charge on any atom is 0.246 e. The molecule has 1 aromatic rings. The van der Waals surface area contributed by atoms with Crippen molar-refractivity contribution >= 4 is 40.3 Å². The fourth-order valence-electron chi connectivity index (χ4n) is 2.49. The van der Waals surface area contributed by atoms with Gasteiger partial charge in [-0.2, -0.15) is 0 Å². The third-order valence-electron chi connectivity index (χ3n) is 3.80. The van der Waals surface area contributed by atoms with E-state index in [4.69, 9.17) is 4.74 Å². The molecule has 1 heterocycles. The van der Waals surface area contributed by atoms with Crippen molar-refractivity contribution in [3.8, 4) is 5.75 Å². The smallest absolute Gasteiger partial charge is 0.246 e. The van der Waals surface area contributed by atoms with Crippen LogP contribution in [0.5, 0.6) is 5.75 Å². The number of nitrogens with zero attached hydrogens (tertiary/aromatic N) is 1. The van der Waals surface area contributed by atoms with Gasteiger partial charge in [0.2, 0.25) is 5.91 Å². The fraction of sp³-hybridized carbons (Fsp3) is 0.438. The molecule has 1 aliphatic rings. The molecule has 1 N–H and O–H groups in total. The first kappa shape index (κ1) is 19.0. The highest BCUT2D eigenvalue weighted by Gasteiger charge is 2.20. The molecule has 1 saturated heterocycles. The van der Waals surface area contributed by atoms with Crippen molar-refractivity contribution in [1.29, 1.82) is 0 Å². The van der Waals surface area contributed by atoms with E-state index in [0.717, 1.165) is 41.7 Å². The highest BCUT2D eigenvalue weighted by atomic mass is 79.9. The number of nitrogens with one attached hydrogen (secondary N) is 1. The largest absolute Gasteiger partial charge is 0.496 e. The van der Waals surface area contributed by atoms with Crippen LogP contribution >= 0.6 is 28.3 Å². The van der Waals surface area contributed by atoms with Crippen molar-refractivity contribution in [2.45, 2.75) is 18.9 Å². The summed E-state index contributed by atoms with van der Waals surface area (Å²) in [5.41, 5.74) is 0.888. The van der Waals surface area contributed by atoms with Gasteiger partial charge in [0, 0.05) is 29.2 Å². The van der Waals surface area contributed by atoms with E-state index < -0.39 is 0 Å². The molecule has 0 aliphatic carbocycles. The van der Waals surface area contributed by atoms with Gasteiger partial charge < -0.3 is 15.0 Å². The molecule has 0 aromatic heterocycles. The Bertz CT molecular complexity index is 531. The molecule has 122 valence electrons. The summed E-state index contributed by atoms with van der Waals surface area (Å²) >= 11 is 3.43. The Kier molecular flexibility index (Phi) is 7.93. The van der Waals surface area contributed by atoms with Crippen molar-refractivity contribution < 1.29 is 9.53 Å². The molecule has 6 heteroatoms. The first-order chi connectivity index (χ1) is 10.1. The van der Waals surface area contributed by atoms with Gasteiger partial charge in [-0.1, -0.05) is 15.9 Å². The minimum atomic E-state index is 0. The van der Waals surface area contributed by atoms with Crippen LogP contribution in [0.2, 0.25) is 0 Å². The van der Waals surface area contributed by atoms with Crippen LogP contribution in [0, 0.1) is 0 Å². The lowest BCUT2D eigenvalue weighted by molar-refractivity contribution is -0.127. The lowest BCUT2D eigenvalue weighted by Crippen LogP contribution is -2.43. The van der Waals surface area contributed by atoms with E-state index in [-0.39, 0.29) is 18.3 Å². The Balaban J connectivity index is 0.00000242. The van der Waals surface area contributed by atoms with E-state index in [1.165, 1.54) is 0 Å². The Morgan fingerprint density at radius 2 is 2.09 bits per heavy atom. The summed E-state index contributed by atoms with van der Waals surface area (Å²) in [7, 11) is 3.50. The van der Waals surface area contributed by atoms with Crippen LogP contribution in [-0.4, -0.2) is 44.1 Å². The molecular formula is C16H22BrClN2O2. The Morgan fingerprint density at radius 1 is 1.41 bits per heavy atom. The number of hydrogen-bond donors (Lipinski definition) is 1.